The van der Waals surface area contributed by atoms with Crippen LogP contribution in [-0.2, 0) is 9.59 Å². The Bertz CT molecular complexity index is 2440. The molecule has 1 aromatic heterocycles. The van der Waals surface area contributed by atoms with Crippen molar-refractivity contribution in [3.63, 3.8) is 0 Å². The Morgan fingerprint density at radius 1 is 0.937 bits per heavy atom. The first-order chi connectivity index (χ1) is 29.8. The van der Waals surface area contributed by atoms with Crippen LogP contribution in [0.5, 0.6) is 5.75 Å². The summed E-state index contributed by atoms with van der Waals surface area (Å²) in [5.41, 5.74) is -0.252. The zero-order chi connectivity index (χ0) is 45.3. The van der Waals surface area contributed by atoms with Gasteiger partial charge in [0.05, 0.1) is 38.7 Å². The maximum Gasteiger partial charge on any atom is 0.265 e. The van der Waals surface area contributed by atoms with E-state index in [-0.39, 0.29) is 36.6 Å². The second-order valence-electron chi connectivity index (χ2n) is 18.5. The van der Waals surface area contributed by atoms with Crippen molar-refractivity contribution in [3.05, 3.63) is 74.6 Å². The Hall–Kier alpha value is -5.73. The molecule has 332 valence electrons. The smallest absolute Gasteiger partial charge is 0.265 e. The lowest BCUT2D eigenvalue weighted by atomic mass is 9.49. The van der Waals surface area contributed by atoms with Gasteiger partial charge >= 0.3 is 0 Å². The SMILES string of the molecule is Cc1nc(N2CCC(CN3CCN(c4c(F)cc5c(c4F)C(=O)N(C4CCC(=O)NC4=O)C5=O)CC3)CC2)nc(C)c1C(=O)N[C@H]1C(C)(C)[C@H](Oc2ccc(C#N)c(Cl)c2)C1(C)C. The molecule has 15 nitrogen and oxygen atoms in total. The second-order valence-corrected chi connectivity index (χ2v) is 18.9. The summed E-state index contributed by atoms with van der Waals surface area (Å²) in [7, 11) is 0. The summed E-state index contributed by atoms with van der Waals surface area (Å²) in [5.74, 6) is -4.17. The number of benzene rings is 2. The van der Waals surface area contributed by atoms with Crippen LogP contribution in [0.3, 0.4) is 0 Å². The number of piperidine rings is 2. The molecule has 5 heterocycles. The van der Waals surface area contributed by atoms with Crippen LogP contribution in [0, 0.1) is 53.6 Å². The fraction of sp³-hybridized carbons (Fsp3) is 0.511. The number of aryl methyl sites for hydroxylation is 2. The monoisotopic (exact) mass is 885 g/mol. The lowest BCUT2D eigenvalue weighted by molar-refractivity contribution is -0.164. The number of rotatable bonds is 9. The molecule has 0 spiro atoms. The number of anilines is 2. The number of piperazine rings is 1. The first-order valence-electron chi connectivity index (χ1n) is 21.3. The highest BCUT2D eigenvalue weighted by Crippen LogP contribution is 2.55. The van der Waals surface area contributed by atoms with Crippen molar-refractivity contribution in [1.29, 1.82) is 5.26 Å². The van der Waals surface area contributed by atoms with E-state index in [1.807, 2.05) is 13.8 Å². The maximum atomic E-state index is 16.0. The van der Waals surface area contributed by atoms with Gasteiger partial charge in [0, 0.05) is 75.2 Å². The number of halogens is 3. The van der Waals surface area contributed by atoms with Gasteiger partial charge in [-0.25, -0.2) is 18.7 Å². The van der Waals surface area contributed by atoms with Gasteiger partial charge < -0.3 is 19.9 Å². The molecular formula is C45H50ClF2N9O6. The largest absolute Gasteiger partial charge is 0.489 e. The van der Waals surface area contributed by atoms with E-state index in [4.69, 9.17) is 26.3 Å². The Morgan fingerprint density at radius 2 is 1.59 bits per heavy atom. The standard InChI is InChI=1S/C45H50ClF2N9O6/c1-23-33(38(60)53-41-44(3,4)42(45(41,5)6)63-27-8-7-26(21-49)29(46)19-27)24(2)51-43(50-23)56-13-11-25(12-14-56)22-54-15-17-55(18-16-54)36-30(47)20-28-34(35(36)48)40(62)57(39(28)61)31-9-10-32(58)52-37(31)59/h7-8,19-20,25,31,41-42H,9-18,22H2,1-6H3,(H,53,60)(H,52,58,59)/t31?,41-,42-. The summed E-state index contributed by atoms with van der Waals surface area (Å²) in [6, 6.07) is 6.42. The minimum atomic E-state index is -1.28. The summed E-state index contributed by atoms with van der Waals surface area (Å²) in [6.07, 6.45) is 1.33. The van der Waals surface area contributed by atoms with Gasteiger partial charge in [-0.2, -0.15) is 5.26 Å². The molecule has 1 unspecified atom stereocenters. The van der Waals surface area contributed by atoms with E-state index in [1.54, 1.807) is 23.1 Å². The molecule has 5 amide bonds. The first-order valence-corrected chi connectivity index (χ1v) is 21.7. The molecule has 4 fully saturated rings. The van der Waals surface area contributed by atoms with Crippen LogP contribution >= 0.6 is 11.6 Å². The topological polar surface area (TPSA) is 181 Å². The number of amides is 5. The Kier molecular flexibility index (Phi) is 11.5. The Balaban J connectivity index is 0.839. The second kappa shape index (κ2) is 16.4. The number of nitrogens with zero attached hydrogens (tertiary/aromatic N) is 7. The molecule has 2 N–H and O–H groups in total. The number of nitrogens with one attached hydrogen (secondary N) is 2. The third kappa shape index (κ3) is 7.75. The molecule has 63 heavy (non-hydrogen) atoms. The molecule has 0 bridgehead atoms. The van der Waals surface area contributed by atoms with Crippen molar-refractivity contribution in [2.75, 3.05) is 55.6 Å². The lowest BCUT2D eigenvalue weighted by Crippen LogP contribution is -2.74. The van der Waals surface area contributed by atoms with Gasteiger partial charge in [0.15, 0.2) is 5.82 Å². The molecule has 0 radical (unpaired) electrons. The highest BCUT2D eigenvalue weighted by Gasteiger charge is 2.64. The van der Waals surface area contributed by atoms with Crippen LogP contribution in [0.4, 0.5) is 20.4 Å². The van der Waals surface area contributed by atoms with Crippen molar-refractivity contribution in [2.45, 2.75) is 85.4 Å². The molecule has 1 atom stereocenters. The normalized spacial score (nSPS) is 23.6. The number of fused-ring (bicyclic) bond motifs is 1. The Morgan fingerprint density at radius 3 is 2.19 bits per heavy atom. The molecule has 1 saturated carbocycles. The zero-order valence-corrected chi connectivity index (χ0v) is 36.9. The van der Waals surface area contributed by atoms with E-state index in [9.17, 15) is 29.2 Å². The fourth-order valence-corrected chi connectivity index (χ4v) is 10.8. The molecule has 2 aromatic carbocycles. The maximum absolute atomic E-state index is 16.0. The van der Waals surface area contributed by atoms with Gasteiger partial charge in [-0.15, -0.1) is 0 Å². The molecule has 1 aliphatic carbocycles. The zero-order valence-electron chi connectivity index (χ0n) is 36.1. The van der Waals surface area contributed by atoms with E-state index in [0.717, 1.165) is 38.5 Å². The van der Waals surface area contributed by atoms with Crippen LogP contribution in [0.1, 0.15) is 101 Å². The summed E-state index contributed by atoms with van der Waals surface area (Å²) in [6.45, 7) is 15.8. The number of carbonyl (C=O) groups is 5. The van der Waals surface area contributed by atoms with Crippen LogP contribution in [0.25, 0.3) is 0 Å². The minimum Gasteiger partial charge on any atom is -0.489 e. The Labute approximate surface area is 369 Å². The summed E-state index contributed by atoms with van der Waals surface area (Å²) < 4.78 is 37.9. The van der Waals surface area contributed by atoms with Gasteiger partial charge in [-0.05, 0) is 57.2 Å². The number of carbonyl (C=O) groups excluding carboxylic acids is 5. The number of hydrogen-bond donors (Lipinski definition) is 2. The summed E-state index contributed by atoms with van der Waals surface area (Å²) >= 11 is 6.26. The summed E-state index contributed by atoms with van der Waals surface area (Å²) in [4.78, 5) is 80.6. The van der Waals surface area contributed by atoms with Crippen LogP contribution in [0.15, 0.2) is 24.3 Å². The number of nitriles is 1. The average molecular weight is 886 g/mol. The average Bonchev–Trinajstić information content (AvgIpc) is 3.47. The minimum absolute atomic E-state index is 0.0858. The lowest BCUT2D eigenvalue weighted by Gasteiger charge is -2.63. The number of imide groups is 2. The van der Waals surface area contributed by atoms with Crippen molar-refractivity contribution in [3.8, 4) is 11.8 Å². The molecule has 8 rings (SSSR count). The van der Waals surface area contributed by atoms with E-state index >= 15 is 8.78 Å². The summed E-state index contributed by atoms with van der Waals surface area (Å²) in [5, 5.41) is 14.9. The number of aromatic nitrogens is 2. The number of hydrogen-bond acceptors (Lipinski definition) is 12. The van der Waals surface area contributed by atoms with Crippen LogP contribution in [0.2, 0.25) is 5.02 Å². The van der Waals surface area contributed by atoms with Crippen molar-refractivity contribution >= 4 is 52.8 Å². The van der Waals surface area contributed by atoms with Crippen molar-refractivity contribution in [1.82, 2.24) is 30.4 Å². The quantitative estimate of drug-likeness (QED) is 0.277. The first kappa shape index (κ1) is 43.9. The molecule has 3 saturated heterocycles. The van der Waals surface area contributed by atoms with Crippen molar-refractivity contribution < 1.29 is 37.5 Å². The third-order valence-electron chi connectivity index (χ3n) is 13.6. The fourth-order valence-electron chi connectivity index (χ4n) is 10.6. The highest BCUT2D eigenvalue weighted by atomic mass is 35.5. The molecule has 5 aliphatic rings. The van der Waals surface area contributed by atoms with E-state index in [0.29, 0.717) is 76.2 Å². The molecule has 4 aliphatic heterocycles. The highest BCUT2D eigenvalue weighted by molar-refractivity contribution is 6.31. The van der Waals surface area contributed by atoms with Crippen molar-refractivity contribution in [2.24, 2.45) is 16.7 Å². The van der Waals surface area contributed by atoms with Gasteiger partial charge in [0.25, 0.3) is 17.7 Å². The van der Waals surface area contributed by atoms with Gasteiger partial charge in [0.1, 0.15) is 35.5 Å². The number of ether oxygens (including phenoxy) is 1. The van der Waals surface area contributed by atoms with E-state index in [2.05, 4.69) is 54.2 Å². The van der Waals surface area contributed by atoms with E-state index < -0.39 is 63.3 Å². The van der Waals surface area contributed by atoms with Gasteiger partial charge in [-0.1, -0.05) is 39.3 Å². The third-order valence-corrected chi connectivity index (χ3v) is 13.9. The molecular weight excluding hydrogens is 836 g/mol. The predicted octanol–water partition coefficient (Wildman–Crippen LogP) is 4.95. The molecule has 3 aromatic rings. The van der Waals surface area contributed by atoms with Crippen LogP contribution < -0.4 is 25.2 Å². The van der Waals surface area contributed by atoms with Gasteiger partial charge in [-0.3, -0.25) is 39.1 Å². The molecule has 18 heteroatoms. The van der Waals surface area contributed by atoms with E-state index in [1.165, 1.54) is 0 Å². The van der Waals surface area contributed by atoms with Crippen LogP contribution in [-0.4, -0.2) is 113 Å². The predicted molar refractivity (Wildman–Crippen MR) is 228 cm³/mol. The van der Waals surface area contributed by atoms with Gasteiger partial charge in [0.2, 0.25) is 17.8 Å².